The topological polar surface area (TPSA) is 164 Å². The SMILES string of the molecule is CCCC[C@@H](C)[C@H](CC(=O)N[C@@H](Cc1c[nH]c2ccccc12)C(=O)N[C@@H](CC1=CC=CC=CC1)C(=O)O)OC(=O)[C@H](N)C(C)CC. The summed E-state index contributed by atoms with van der Waals surface area (Å²) >= 11 is 0. The molecule has 0 saturated carbocycles. The number of ether oxygens (including phenoxy) is 1. The first-order chi connectivity index (χ1) is 22.0. The van der Waals surface area contributed by atoms with Crippen molar-refractivity contribution in [1.82, 2.24) is 15.6 Å². The van der Waals surface area contributed by atoms with Gasteiger partial charge in [0.2, 0.25) is 11.8 Å². The van der Waals surface area contributed by atoms with E-state index in [-0.39, 0.29) is 31.1 Å². The van der Waals surface area contributed by atoms with Crippen LogP contribution in [0.25, 0.3) is 10.9 Å². The molecule has 2 aromatic rings. The first-order valence-corrected chi connectivity index (χ1v) is 16.4. The van der Waals surface area contributed by atoms with Crippen LogP contribution in [0.4, 0.5) is 0 Å². The Hall–Kier alpha value is -4.18. The Morgan fingerprint density at radius 3 is 2.48 bits per heavy atom. The van der Waals surface area contributed by atoms with Crippen molar-refractivity contribution in [2.45, 2.75) is 103 Å². The molecule has 1 heterocycles. The number of aromatic nitrogens is 1. The van der Waals surface area contributed by atoms with Crippen LogP contribution in [0.2, 0.25) is 0 Å². The summed E-state index contributed by atoms with van der Waals surface area (Å²) in [7, 11) is 0. The van der Waals surface area contributed by atoms with Gasteiger partial charge in [-0.05, 0) is 42.7 Å². The van der Waals surface area contributed by atoms with Crippen molar-refractivity contribution in [3.05, 3.63) is 72.0 Å². The molecule has 2 amide bonds. The molecule has 0 fully saturated rings. The Morgan fingerprint density at radius 2 is 1.76 bits per heavy atom. The molecule has 10 nitrogen and oxygen atoms in total. The lowest BCUT2D eigenvalue weighted by atomic mass is 9.94. The molecule has 1 aromatic carbocycles. The number of hydrogen-bond acceptors (Lipinski definition) is 6. The Morgan fingerprint density at radius 1 is 1.00 bits per heavy atom. The molecule has 0 spiro atoms. The van der Waals surface area contributed by atoms with E-state index in [1.807, 2.05) is 75.4 Å². The number of allylic oxidation sites excluding steroid dienone is 5. The van der Waals surface area contributed by atoms with Crippen molar-refractivity contribution in [3.63, 3.8) is 0 Å². The van der Waals surface area contributed by atoms with Gasteiger partial charge in [-0.3, -0.25) is 14.4 Å². The van der Waals surface area contributed by atoms with Crippen LogP contribution >= 0.6 is 0 Å². The zero-order valence-electron chi connectivity index (χ0n) is 27.5. The van der Waals surface area contributed by atoms with E-state index in [4.69, 9.17) is 10.5 Å². The number of nitrogens with one attached hydrogen (secondary N) is 3. The molecule has 3 rings (SSSR count). The number of amides is 2. The number of para-hydroxylation sites is 1. The van der Waals surface area contributed by atoms with E-state index < -0.39 is 48.0 Å². The van der Waals surface area contributed by atoms with Crippen molar-refractivity contribution < 1.29 is 29.0 Å². The number of nitrogens with two attached hydrogens (primary N) is 1. The van der Waals surface area contributed by atoms with E-state index in [1.54, 1.807) is 6.20 Å². The highest BCUT2D eigenvalue weighted by Crippen LogP contribution is 2.22. The van der Waals surface area contributed by atoms with Gasteiger partial charge in [0.15, 0.2) is 0 Å². The molecule has 10 heteroatoms. The molecule has 1 aliphatic carbocycles. The zero-order chi connectivity index (χ0) is 33.6. The van der Waals surface area contributed by atoms with Gasteiger partial charge in [-0.15, -0.1) is 0 Å². The van der Waals surface area contributed by atoms with Crippen LogP contribution < -0.4 is 16.4 Å². The minimum absolute atomic E-state index is 0.0832. The average Bonchev–Trinajstić information content (AvgIpc) is 3.26. The maximum atomic E-state index is 13.8. The number of H-pyrrole nitrogens is 1. The van der Waals surface area contributed by atoms with E-state index in [0.717, 1.165) is 41.3 Å². The van der Waals surface area contributed by atoms with Crippen molar-refractivity contribution >= 4 is 34.7 Å². The Balaban J connectivity index is 1.83. The van der Waals surface area contributed by atoms with E-state index in [0.29, 0.717) is 12.8 Å². The second-order valence-electron chi connectivity index (χ2n) is 12.3. The molecule has 1 aliphatic rings. The number of carbonyl (C=O) groups excluding carboxylic acids is 3. The standard InChI is InChI=1S/C36H50N4O6/c1-5-7-14-24(4)31(46-36(45)33(37)23(3)6-2)21-32(41)39-29(20-26-22-38-28-18-13-12-17-27(26)28)34(42)40-30(35(43)44)19-25-15-10-8-9-11-16-25/h8-13,15,17-18,22-24,29-31,33,38H,5-7,14,16,19-21,37H2,1-4H3,(H,39,41)(H,40,42)(H,43,44)/t23?,24-,29+,30+,31+,33-/m1/s1. The number of fused-ring (bicyclic) bond motifs is 1. The number of unbranched alkanes of at least 4 members (excludes halogenated alkanes) is 1. The lowest BCUT2D eigenvalue weighted by Crippen LogP contribution is -2.53. The third kappa shape index (κ3) is 10.7. The monoisotopic (exact) mass is 634 g/mol. The van der Waals surface area contributed by atoms with Crippen LogP contribution in [0, 0.1) is 11.8 Å². The smallest absolute Gasteiger partial charge is 0.326 e. The predicted molar refractivity (Wildman–Crippen MR) is 180 cm³/mol. The van der Waals surface area contributed by atoms with Gasteiger partial charge in [-0.2, -0.15) is 0 Å². The van der Waals surface area contributed by atoms with Crippen LogP contribution in [-0.2, 0) is 30.3 Å². The van der Waals surface area contributed by atoms with Gasteiger partial charge in [0.25, 0.3) is 0 Å². The van der Waals surface area contributed by atoms with Crippen molar-refractivity contribution in [1.29, 1.82) is 0 Å². The van der Waals surface area contributed by atoms with Gasteiger partial charge in [0.05, 0.1) is 6.42 Å². The Kier molecular flexibility index (Phi) is 14.3. The highest BCUT2D eigenvalue weighted by atomic mass is 16.5. The van der Waals surface area contributed by atoms with E-state index in [9.17, 15) is 24.3 Å². The molecule has 0 saturated heterocycles. The normalized spacial score (nSPS) is 16.8. The average molecular weight is 635 g/mol. The maximum Gasteiger partial charge on any atom is 0.326 e. The first-order valence-electron chi connectivity index (χ1n) is 16.4. The van der Waals surface area contributed by atoms with Crippen molar-refractivity contribution in [3.8, 4) is 0 Å². The van der Waals surface area contributed by atoms with Crippen LogP contribution in [0.5, 0.6) is 0 Å². The highest BCUT2D eigenvalue weighted by molar-refractivity contribution is 5.92. The Bertz CT molecular complexity index is 1430. The second-order valence-corrected chi connectivity index (χ2v) is 12.3. The fraction of sp³-hybridized carbons (Fsp3) is 0.500. The number of hydrogen-bond donors (Lipinski definition) is 5. The first kappa shape index (κ1) is 36.3. The van der Waals surface area contributed by atoms with Gasteiger partial charge in [-0.25, -0.2) is 4.79 Å². The van der Waals surface area contributed by atoms with Crippen LogP contribution in [0.1, 0.15) is 78.2 Å². The van der Waals surface area contributed by atoms with E-state index >= 15 is 0 Å². The molecule has 0 aliphatic heterocycles. The number of carboxylic acid groups (broad SMARTS) is 1. The van der Waals surface area contributed by atoms with Crippen LogP contribution in [0.3, 0.4) is 0 Å². The molecule has 0 radical (unpaired) electrons. The molecule has 1 aromatic heterocycles. The minimum atomic E-state index is -1.19. The fourth-order valence-electron chi connectivity index (χ4n) is 5.46. The van der Waals surface area contributed by atoms with Crippen molar-refractivity contribution in [2.24, 2.45) is 17.6 Å². The number of aliphatic carboxylic acids is 1. The predicted octanol–water partition coefficient (Wildman–Crippen LogP) is 5.10. The van der Waals surface area contributed by atoms with Gasteiger partial charge >= 0.3 is 11.9 Å². The van der Waals surface area contributed by atoms with Gasteiger partial charge in [0.1, 0.15) is 24.2 Å². The summed E-state index contributed by atoms with van der Waals surface area (Å²) in [5, 5.41) is 16.4. The van der Waals surface area contributed by atoms with Gasteiger partial charge in [-0.1, -0.05) is 101 Å². The fourth-order valence-corrected chi connectivity index (χ4v) is 5.46. The Labute approximate surface area is 271 Å². The zero-order valence-corrected chi connectivity index (χ0v) is 27.5. The van der Waals surface area contributed by atoms with Crippen LogP contribution in [0.15, 0.2) is 66.4 Å². The molecular formula is C36H50N4O6. The van der Waals surface area contributed by atoms with E-state index in [2.05, 4.69) is 22.5 Å². The molecular weight excluding hydrogens is 584 g/mol. The molecule has 250 valence electrons. The molecule has 46 heavy (non-hydrogen) atoms. The summed E-state index contributed by atoms with van der Waals surface area (Å²) in [5.41, 5.74) is 8.68. The molecule has 1 unspecified atom stereocenters. The quantitative estimate of drug-likeness (QED) is 0.142. The van der Waals surface area contributed by atoms with Crippen LogP contribution in [-0.4, -0.2) is 58.1 Å². The number of esters is 1. The third-order valence-electron chi connectivity index (χ3n) is 8.73. The summed E-state index contributed by atoms with van der Waals surface area (Å²) < 4.78 is 5.84. The minimum Gasteiger partial charge on any atom is -0.480 e. The van der Waals surface area contributed by atoms with Gasteiger partial charge in [0, 0.05) is 23.5 Å². The third-order valence-corrected chi connectivity index (χ3v) is 8.73. The summed E-state index contributed by atoms with van der Waals surface area (Å²) in [6.45, 7) is 7.83. The number of benzene rings is 1. The summed E-state index contributed by atoms with van der Waals surface area (Å²) in [6, 6.07) is 4.54. The van der Waals surface area contributed by atoms with Gasteiger partial charge < -0.3 is 31.2 Å². The lowest BCUT2D eigenvalue weighted by molar-refractivity contribution is -0.156. The largest absolute Gasteiger partial charge is 0.480 e. The summed E-state index contributed by atoms with van der Waals surface area (Å²) in [4.78, 5) is 55.7. The number of aromatic amines is 1. The second kappa shape index (κ2) is 18.1. The van der Waals surface area contributed by atoms with E-state index in [1.165, 1.54) is 0 Å². The summed E-state index contributed by atoms with van der Waals surface area (Å²) in [6.07, 6.45) is 14.4. The molecule has 6 atom stereocenters. The summed E-state index contributed by atoms with van der Waals surface area (Å²) in [5.74, 6) is -3.01. The number of rotatable bonds is 18. The highest BCUT2D eigenvalue weighted by Gasteiger charge is 2.32. The number of carbonyl (C=O) groups is 4. The van der Waals surface area contributed by atoms with Crippen molar-refractivity contribution in [2.75, 3.05) is 0 Å². The molecule has 0 bridgehead atoms. The number of carboxylic acids is 1. The maximum absolute atomic E-state index is 13.8. The lowest BCUT2D eigenvalue weighted by Gasteiger charge is -2.28. The molecule has 6 N–H and O–H groups in total.